The number of anilines is 1. The number of hydrogen-bond donors (Lipinski definition) is 1. The van der Waals surface area contributed by atoms with Gasteiger partial charge in [0.2, 0.25) is 5.91 Å². The topological polar surface area (TPSA) is 58.1 Å². The second kappa shape index (κ2) is 6.27. The van der Waals surface area contributed by atoms with Crippen LogP contribution in [-0.2, 0) is 4.79 Å². The zero-order valence-corrected chi connectivity index (χ0v) is 11.6. The van der Waals surface area contributed by atoms with Gasteiger partial charge in [0.1, 0.15) is 23.5 Å². The zero-order chi connectivity index (χ0) is 14.5. The van der Waals surface area contributed by atoms with Crippen LogP contribution in [0, 0.1) is 5.82 Å². The Morgan fingerprint density at radius 2 is 2.15 bits per heavy atom. The number of aromatic nitrogens is 2. The Morgan fingerprint density at radius 3 is 2.85 bits per heavy atom. The fraction of sp³-hybridized carbons (Fsp3) is 0.357. The van der Waals surface area contributed by atoms with Crippen LogP contribution in [0.25, 0.3) is 10.9 Å². The lowest BCUT2D eigenvalue weighted by molar-refractivity contribution is -0.119. The lowest BCUT2D eigenvalue weighted by atomic mass is 10.2. The van der Waals surface area contributed by atoms with Crippen LogP contribution in [0.1, 0.15) is 13.8 Å². The number of halogens is 1. The third kappa shape index (κ3) is 2.84. The number of para-hydroxylation sites is 1. The summed E-state index contributed by atoms with van der Waals surface area (Å²) in [4.78, 5) is 21.7. The van der Waals surface area contributed by atoms with Gasteiger partial charge in [-0.15, -0.1) is 0 Å². The van der Waals surface area contributed by atoms with Crippen LogP contribution in [0.15, 0.2) is 24.5 Å². The average Bonchev–Trinajstić information content (AvgIpc) is 2.45. The smallest absolute Gasteiger partial charge is 0.239 e. The molecule has 0 unspecified atom stereocenters. The van der Waals surface area contributed by atoms with Crippen molar-refractivity contribution in [3.63, 3.8) is 0 Å². The summed E-state index contributed by atoms with van der Waals surface area (Å²) >= 11 is 0. The quantitative estimate of drug-likeness (QED) is 0.903. The van der Waals surface area contributed by atoms with Gasteiger partial charge >= 0.3 is 0 Å². The molecule has 0 atom stereocenters. The molecule has 0 spiro atoms. The summed E-state index contributed by atoms with van der Waals surface area (Å²) in [5.74, 6) is 0.0981. The van der Waals surface area contributed by atoms with E-state index in [1.54, 1.807) is 17.0 Å². The first kappa shape index (κ1) is 14.2. The zero-order valence-electron chi connectivity index (χ0n) is 11.6. The molecule has 2 aromatic rings. The standard InChI is InChI=1S/C14H17FN4O/c1-3-16-12(20)8-19(4-2)14-10-6-5-7-11(15)13(10)17-9-18-14/h5-7,9H,3-4,8H2,1-2H3,(H,16,20). The van der Waals surface area contributed by atoms with Crippen LogP contribution in [0.2, 0.25) is 0 Å². The van der Waals surface area contributed by atoms with E-state index in [0.29, 0.717) is 24.3 Å². The molecule has 1 N–H and O–H groups in total. The highest BCUT2D eigenvalue weighted by molar-refractivity contribution is 5.91. The van der Waals surface area contributed by atoms with Crippen LogP contribution in [0.5, 0.6) is 0 Å². The normalized spacial score (nSPS) is 10.6. The predicted octanol–water partition coefficient (Wildman–Crippen LogP) is 1.73. The van der Waals surface area contributed by atoms with E-state index in [0.717, 1.165) is 0 Å². The molecule has 0 aliphatic carbocycles. The van der Waals surface area contributed by atoms with Crippen molar-refractivity contribution in [2.24, 2.45) is 0 Å². The largest absolute Gasteiger partial charge is 0.355 e. The van der Waals surface area contributed by atoms with Gasteiger partial charge < -0.3 is 10.2 Å². The Hall–Kier alpha value is -2.24. The minimum atomic E-state index is -0.389. The number of likely N-dealkylation sites (N-methyl/N-ethyl adjacent to an activating group) is 2. The third-order valence-electron chi connectivity index (χ3n) is 2.98. The van der Waals surface area contributed by atoms with E-state index < -0.39 is 0 Å². The molecule has 5 nitrogen and oxygen atoms in total. The number of hydrogen-bond acceptors (Lipinski definition) is 4. The summed E-state index contributed by atoms with van der Waals surface area (Å²) in [7, 11) is 0. The van der Waals surface area contributed by atoms with Crippen molar-refractivity contribution in [1.82, 2.24) is 15.3 Å². The monoisotopic (exact) mass is 276 g/mol. The van der Waals surface area contributed by atoms with Gasteiger partial charge in [0.15, 0.2) is 0 Å². The average molecular weight is 276 g/mol. The second-order valence-corrected chi connectivity index (χ2v) is 4.30. The Labute approximate surface area is 116 Å². The van der Waals surface area contributed by atoms with Crippen molar-refractivity contribution < 1.29 is 9.18 Å². The molecule has 1 heterocycles. The lowest BCUT2D eigenvalue weighted by Gasteiger charge is -2.22. The van der Waals surface area contributed by atoms with Crippen LogP contribution in [0.3, 0.4) is 0 Å². The van der Waals surface area contributed by atoms with Gasteiger partial charge in [0.25, 0.3) is 0 Å². The van der Waals surface area contributed by atoms with Gasteiger partial charge in [-0.2, -0.15) is 0 Å². The molecule has 2 rings (SSSR count). The summed E-state index contributed by atoms with van der Waals surface area (Å²) in [6.45, 7) is 5.15. The summed E-state index contributed by atoms with van der Waals surface area (Å²) in [6.07, 6.45) is 1.32. The Bertz CT molecular complexity index is 617. The highest BCUT2D eigenvalue weighted by Gasteiger charge is 2.15. The van der Waals surface area contributed by atoms with E-state index in [2.05, 4.69) is 15.3 Å². The van der Waals surface area contributed by atoms with Crippen molar-refractivity contribution in [3.05, 3.63) is 30.3 Å². The molecular weight excluding hydrogens is 259 g/mol. The van der Waals surface area contributed by atoms with E-state index in [1.807, 2.05) is 13.8 Å². The van der Waals surface area contributed by atoms with Crippen molar-refractivity contribution >= 4 is 22.6 Å². The predicted molar refractivity (Wildman–Crippen MR) is 76.1 cm³/mol. The second-order valence-electron chi connectivity index (χ2n) is 4.30. The minimum Gasteiger partial charge on any atom is -0.355 e. The number of rotatable bonds is 5. The van der Waals surface area contributed by atoms with E-state index in [-0.39, 0.29) is 23.8 Å². The highest BCUT2D eigenvalue weighted by Crippen LogP contribution is 2.24. The molecule has 0 saturated carbocycles. The first-order chi connectivity index (χ1) is 9.67. The molecule has 106 valence electrons. The first-order valence-electron chi connectivity index (χ1n) is 6.58. The van der Waals surface area contributed by atoms with Crippen LogP contribution >= 0.6 is 0 Å². The van der Waals surface area contributed by atoms with Gasteiger partial charge in [-0.3, -0.25) is 4.79 Å². The summed E-state index contributed by atoms with van der Waals surface area (Å²) < 4.78 is 13.7. The van der Waals surface area contributed by atoms with Gasteiger partial charge in [-0.1, -0.05) is 6.07 Å². The molecule has 1 amide bonds. The van der Waals surface area contributed by atoms with Crippen LogP contribution in [-0.4, -0.2) is 35.5 Å². The van der Waals surface area contributed by atoms with E-state index in [4.69, 9.17) is 0 Å². The number of nitrogens with zero attached hydrogens (tertiary/aromatic N) is 3. The molecule has 0 aliphatic rings. The molecule has 0 bridgehead atoms. The van der Waals surface area contributed by atoms with E-state index >= 15 is 0 Å². The van der Waals surface area contributed by atoms with Gasteiger partial charge in [-0.25, -0.2) is 14.4 Å². The number of carbonyl (C=O) groups excluding carboxylic acids is 1. The first-order valence-corrected chi connectivity index (χ1v) is 6.58. The van der Waals surface area contributed by atoms with Crippen LogP contribution < -0.4 is 10.2 Å². The summed E-state index contributed by atoms with van der Waals surface area (Å²) in [6, 6.07) is 4.73. The SMILES string of the molecule is CCNC(=O)CN(CC)c1ncnc2c(F)cccc12. The maximum absolute atomic E-state index is 13.7. The van der Waals surface area contributed by atoms with Crippen LogP contribution in [0.4, 0.5) is 10.2 Å². The van der Waals surface area contributed by atoms with Crippen molar-refractivity contribution in [3.8, 4) is 0 Å². The number of nitrogens with one attached hydrogen (secondary N) is 1. The molecule has 0 radical (unpaired) electrons. The molecule has 20 heavy (non-hydrogen) atoms. The molecule has 0 saturated heterocycles. The molecule has 1 aromatic heterocycles. The lowest BCUT2D eigenvalue weighted by Crippen LogP contribution is -2.37. The molecule has 0 fully saturated rings. The fourth-order valence-corrected chi connectivity index (χ4v) is 2.05. The third-order valence-corrected chi connectivity index (χ3v) is 2.98. The Balaban J connectivity index is 2.39. The van der Waals surface area contributed by atoms with Gasteiger partial charge in [-0.05, 0) is 26.0 Å². The maximum atomic E-state index is 13.7. The number of amides is 1. The molecule has 1 aromatic carbocycles. The minimum absolute atomic E-state index is 0.0856. The Morgan fingerprint density at radius 1 is 1.35 bits per heavy atom. The number of benzene rings is 1. The van der Waals surface area contributed by atoms with Crippen molar-refractivity contribution in [1.29, 1.82) is 0 Å². The molecular formula is C14H17FN4O. The summed E-state index contributed by atoms with van der Waals surface area (Å²) in [5, 5.41) is 3.35. The highest BCUT2D eigenvalue weighted by atomic mass is 19.1. The van der Waals surface area contributed by atoms with Crippen molar-refractivity contribution in [2.45, 2.75) is 13.8 Å². The number of carbonyl (C=O) groups is 1. The van der Waals surface area contributed by atoms with E-state index in [9.17, 15) is 9.18 Å². The number of fused-ring (bicyclic) bond motifs is 1. The van der Waals surface area contributed by atoms with Gasteiger partial charge in [0.05, 0.1) is 6.54 Å². The van der Waals surface area contributed by atoms with Crippen molar-refractivity contribution in [2.75, 3.05) is 24.5 Å². The van der Waals surface area contributed by atoms with Gasteiger partial charge in [0, 0.05) is 18.5 Å². The van der Waals surface area contributed by atoms with E-state index in [1.165, 1.54) is 12.4 Å². The molecule has 0 aliphatic heterocycles. The Kier molecular flexibility index (Phi) is 4.45. The fourth-order valence-electron chi connectivity index (χ4n) is 2.05. The maximum Gasteiger partial charge on any atom is 0.239 e. The molecule has 6 heteroatoms. The summed E-state index contributed by atoms with van der Waals surface area (Å²) in [5.41, 5.74) is 0.270.